The average molecular weight is 330 g/mol. The van der Waals surface area contributed by atoms with E-state index in [9.17, 15) is 9.90 Å². The highest BCUT2D eigenvalue weighted by molar-refractivity contribution is 7.07. The average Bonchev–Trinajstić information content (AvgIpc) is 3.21. The van der Waals surface area contributed by atoms with Crippen molar-refractivity contribution in [2.75, 3.05) is 13.2 Å². The fraction of sp³-hybridized carbons (Fsp3) is 0.235. The highest BCUT2D eigenvalue weighted by Gasteiger charge is 2.13. The molecule has 0 aliphatic heterocycles. The molecule has 1 unspecified atom stereocenters. The molecule has 0 bridgehead atoms. The van der Waals surface area contributed by atoms with Crippen LogP contribution in [0.5, 0.6) is 5.75 Å². The van der Waals surface area contributed by atoms with E-state index < -0.39 is 6.10 Å². The minimum atomic E-state index is -0.695. The third-order valence-electron chi connectivity index (χ3n) is 3.53. The minimum absolute atomic E-state index is 0.176. The molecule has 3 N–H and O–H groups in total. The van der Waals surface area contributed by atoms with E-state index in [0.717, 1.165) is 22.2 Å². The Labute approximate surface area is 137 Å². The summed E-state index contributed by atoms with van der Waals surface area (Å²) in [5.41, 5.74) is 2.12. The van der Waals surface area contributed by atoms with Crippen LogP contribution in [0.15, 0.2) is 41.1 Å². The number of fused-ring (bicyclic) bond motifs is 1. The van der Waals surface area contributed by atoms with Crippen molar-refractivity contribution in [3.63, 3.8) is 0 Å². The molecule has 23 heavy (non-hydrogen) atoms. The lowest BCUT2D eigenvalue weighted by atomic mass is 10.2. The van der Waals surface area contributed by atoms with Gasteiger partial charge < -0.3 is 20.1 Å². The molecular formula is C17H18N2O3S. The number of aromatic nitrogens is 1. The summed E-state index contributed by atoms with van der Waals surface area (Å²) in [5.74, 6) is 0.523. The lowest BCUT2D eigenvalue weighted by Gasteiger charge is -2.09. The number of aliphatic hydroxyl groups is 1. The summed E-state index contributed by atoms with van der Waals surface area (Å²) in [6, 6.07) is 9.29. The normalized spacial score (nSPS) is 12.3. The van der Waals surface area contributed by atoms with Crippen molar-refractivity contribution in [1.82, 2.24) is 10.3 Å². The third-order valence-corrected chi connectivity index (χ3v) is 4.23. The van der Waals surface area contributed by atoms with Crippen molar-refractivity contribution in [1.29, 1.82) is 0 Å². The van der Waals surface area contributed by atoms with Gasteiger partial charge in [0.05, 0.1) is 12.7 Å². The molecule has 0 fully saturated rings. The second-order valence-corrected chi connectivity index (χ2v) is 5.93. The molecule has 1 atom stereocenters. The number of carbonyl (C=O) groups excluding carboxylic acids is 1. The lowest BCUT2D eigenvalue weighted by Crippen LogP contribution is -2.28. The smallest absolute Gasteiger partial charge is 0.267 e. The van der Waals surface area contributed by atoms with Crippen LogP contribution in [0.1, 0.15) is 29.1 Å². The van der Waals surface area contributed by atoms with Crippen molar-refractivity contribution in [2.45, 2.75) is 13.0 Å². The van der Waals surface area contributed by atoms with Crippen LogP contribution in [0.2, 0.25) is 0 Å². The zero-order chi connectivity index (χ0) is 16.2. The summed E-state index contributed by atoms with van der Waals surface area (Å²) in [5, 5.41) is 17.5. The number of hydrogen-bond acceptors (Lipinski definition) is 4. The van der Waals surface area contributed by atoms with Gasteiger partial charge in [-0.05, 0) is 47.5 Å². The SMILES string of the molecule is CCOc1ccc2cc(C(=O)NCC(O)c3ccsc3)[nH]c2c1. The second kappa shape index (κ2) is 6.85. The van der Waals surface area contributed by atoms with Crippen LogP contribution in [-0.2, 0) is 0 Å². The largest absolute Gasteiger partial charge is 0.494 e. The Bertz CT molecular complexity index is 795. The third kappa shape index (κ3) is 3.55. The summed E-state index contributed by atoms with van der Waals surface area (Å²) >= 11 is 1.52. The van der Waals surface area contributed by atoms with E-state index >= 15 is 0 Å². The zero-order valence-electron chi connectivity index (χ0n) is 12.7. The van der Waals surface area contributed by atoms with Gasteiger partial charge in [0.2, 0.25) is 0 Å². The number of carbonyl (C=O) groups is 1. The van der Waals surface area contributed by atoms with E-state index in [-0.39, 0.29) is 12.5 Å². The first kappa shape index (κ1) is 15.6. The number of ether oxygens (including phenoxy) is 1. The van der Waals surface area contributed by atoms with Crippen molar-refractivity contribution in [2.24, 2.45) is 0 Å². The second-order valence-electron chi connectivity index (χ2n) is 5.15. The highest BCUT2D eigenvalue weighted by atomic mass is 32.1. The first-order valence-corrected chi connectivity index (χ1v) is 8.35. The van der Waals surface area contributed by atoms with Crippen LogP contribution < -0.4 is 10.1 Å². The maximum Gasteiger partial charge on any atom is 0.267 e. The van der Waals surface area contributed by atoms with Gasteiger partial charge in [0.1, 0.15) is 11.4 Å². The van der Waals surface area contributed by atoms with Gasteiger partial charge >= 0.3 is 0 Å². The maximum absolute atomic E-state index is 12.2. The highest BCUT2D eigenvalue weighted by Crippen LogP contribution is 2.22. The van der Waals surface area contributed by atoms with Crippen LogP contribution in [0.3, 0.4) is 0 Å². The molecule has 0 aliphatic rings. The summed E-state index contributed by atoms with van der Waals surface area (Å²) in [7, 11) is 0. The van der Waals surface area contributed by atoms with Crippen LogP contribution in [0, 0.1) is 0 Å². The Balaban J connectivity index is 1.68. The summed E-state index contributed by atoms with van der Waals surface area (Å²) in [6.07, 6.45) is -0.695. The first-order valence-electron chi connectivity index (χ1n) is 7.41. The van der Waals surface area contributed by atoms with E-state index in [0.29, 0.717) is 12.3 Å². The molecule has 3 rings (SSSR count). The molecule has 0 radical (unpaired) electrons. The van der Waals surface area contributed by atoms with Gasteiger partial charge in [0, 0.05) is 23.5 Å². The minimum Gasteiger partial charge on any atom is -0.494 e. The van der Waals surface area contributed by atoms with E-state index in [4.69, 9.17) is 4.74 Å². The molecule has 0 saturated carbocycles. The monoisotopic (exact) mass is 330 g/mol. The van der Waals surface area contributed by atoms with E-state index in [1.807, 2.05) is 41.9 Å². The molecule has 120 valence electrons. The molecular weight excluding hydrogens is 312 g/mol. The number of aliphatic hydroxyl groups excluding tert-OH is 1. The van der Waals surface area contributed by atoms with Gasteiger partial charge in [-0.2, -0.15) is 11.3 Å². The topological polar surface area (TPSA) is 74.3 Å². The quantitative estimate of drug-likeness (QED) is 0.650. The Morgan fingerprint density at radius 2 is 2.26 bits per heavy atom. The molecule has 1 amide bonds. The van der Waals surface area contributed by atoms with Crippen LogP contribution in [0.4, 0.5) is 0 Å². The lowest BCUT2D eigenvalue weighted by molar-refractivity contribution is 0.0912. The van der Waals surface area contributed by atoms with Gasteiger partial charge in [-0.25, -0.2) is 0 Å². The molecule has 5 nitrogen and oxygen atoms in total. The molecule has 2 heterocycles. The molecule has 1 aromatic carbocycles. The van der Waals surface area contributed by atoms with Crippen LogP contribution in [-0.4, -0.2) is 29.1 Å². The van der Waals surface area contributed by atoms with E-state index in [1.54, 1.807) is 6.07 Å². The predicted octanol–water partition coefficient (Wildman–Crippen LogP) is 3.09. The summed E-state index contributed by atoms with van der Waals surface area (Å²) < 4.78 is 5.45. The Hall–Kier alpha value is -2.31. The van der Waals surface area contributed by atoms with Gasteiger partial charge in [0.25, 0.3) is 5.91 Å². The van der Waals surface area contributed by atoms with Gasteiger partial charge in [-0.1, -0.05) is 0 Å². The fourth-order valence-electron chi connectivity index (χ4n) is 2.35. The molecule has 0 saturated heterocycles. The number of amides is 1. The number of nitrogens with one attached hydrogen (secondary N) is 2. The Morgan fingerprint density at radius 3 is 3.00 bits per heavy atom. The predicted molar refractivity (Wildman–Crippen MR) is 91.1 cm³/mol. The van der Waals surface area contributed by atoms with Gasteiger partial charge in [-0.3, -0.25) is 4.79 Å². The Morgan fingerprint density at radius 1 is 1.39 bits per heavy atom. The number of thiophene rings is 1. The van der Waals surface area contributed by atoms with Crippen LogP contribution in [0.25, 0.3) is 10.9 Å². The zero-order valence-corrected chi connectivity index (χ0v) is 13.5. The first-order chi connectivity index (χ1) is 11.2. The van der Waals surface area contributed by atoms with Crippen molar-refractivity contribution >= 4 is 28.1 Å². The van der Waals surface area contributed by atoms with Crippen molar-refractivity contribution in [3.8, 4) is 5.75 Å². The molecule has 3 aromatic rings. The van der Waals surface area contributed by atoms with Crippen LogP contribution >= 0.6 is 11.3 Å². The maximum atomic E-state index is 12.2. The number of H-pyrrole nitrogens is 1. The summed E-state index contributed by atoms with van der Waals surface area (Å²) in [4.78, 5) is 15.3. The van der Waals surface area contributed by atoms with Crippen molar-refractivity contribution in [3.05, 3.63) is 52.3 Å². The van der Waals surface area contributed by atoms with Crippen molar-refractivity contribution < 1.29 is 14.6 Å². The standard InChI is InChI=1S/C17H18N2O3S/c1-2-22-13-4-3-11-7-15(19-14(11)8-13)17(21)18-9-16(20)12-5-6-23-10-12/h3-8,10,16,19-20H,2,9H2,1H3,(H,18,21). The Kier molecular flexibility index (Phi) is 4.64. The number of hydrogen-bond donors (Lipinski definition) is 3. The molecule has 2 aromatic heterocycles. The van der Waals surface area contributed by atoms with Gasteiger partial charge in [0.15, 0.2) is 0 Å². The molecule has 0 aliphatic carbocycles. The fourth-order valence-corrected chi connectivity index (χ4v) is 3.06. The summed E-state index contributed by atoms with van der Waals surface area (Å²) in [6.45, 7) is 2.70. The van der Waals surface area contributed by atoms with E-state index in [2.05, 4.69) is 10.3 Å². The molecule has 6 heteroatoms. The number of benzene rings is 1. The van der Waals surface area contributed by atoms with Gasteiger partial charge in [-0.15, -0.1) is 0 Å². The van der Waals surface area contributed by atoms with E-state index in [1.165, 1.54) is 11.3 Å². The number of aromatic amines is 1. The molecule has 0 spiro atoms. The number of rotatable bonds is 6.